The molecule has 0 spiro atoms. The molecule has 0 radical (unpaired) electrons. The number of carbonyl (C=O) groups is 3. The number of hydrogen-bond acceptors (Lipinski definition) is 5. The van der Waals surface area contributed by atoms with Crippen LogP contribution in [0.4, 0.5) is 5.69 Å². The zero-order valence-electron chi connectivity index (χ0n) is 16.2. The maximum atomic E-state index is 12.5. The molecule has 7 nitrogen and oxygen atoms in total. The third kappa shape index (κ3) is 5.93. The van der Waals surface area contributed by atoms with Crippen molar-refractivity contribution in [3.8, 4) is 0 Å². The number of quaternary nitrogens is 1. The number of likely N-dealkylation sites (N-methyl/N-ethyl adjacent to an activating group) is 1. The second kappa shape index (κ2) is 10.2. The van der Waals surface area contributed by atoms with Crippen molar-refractivity contribution in [1.29, 1.82) is 0 Å². The van der Waals surface area contributed by atoms with E-state index < -0.39 is 11.9 Å². The van der Waals surface area contributed by atoms with E-state index in [1.54, 1.807) is 12.1 Å². The predicted molar refractivity (Wildman–Crippen MR) is 110 cm³/mol. The first-order valence-electron chi connectivity index (χ1n) is 8.61. The summed E-state index contributed by atoms with van der Waals surface area (Å²) in [7, 11) is 4.30. The second-order valence-corrected chi connectivity index (χ2v) is 7.10. The van der Waals surface area contributed by atoms with Crippen molar-refractivity contribution in [2.45, 2.75) is 6.54 Å². The van der Waals surface area contributed by atoms with Crippen molar-refractivity contribution >= 4 is 46.7 Å². The van der Waals surface area contributed by atoms with Gasteiger partial charge < -0.3 is 19.7 Å². The molecule has 0 saturated carbocycles. The Bertz CT molecular complexity index is 933. The Morgan fingerprint density at radius 2 is 1.72 bits per heavy atom. The van der Waals surface area contributed by atoms with Crippen LogP contribution >= 0.6 is 23.2 Å². The fraction of sp³-hybridized carbons (Fsp3) is 0.250. The van der Waals surface area contributed by atoms with Crippen LogP contribution in [0.25, 0.3) is 0 Å². The zero-order chi connectivity index (χ0) is 21.6. The molecule has 29 heavy (non-hydrogen) atoms. The summed E-state index contributed by atoms with van der Waals surface area (Å²) in [6.45, 7) is 0.560. The number of halogens is 2. The highest BCUT2D eigenvalue weighted by atomic mass is 35.5. The largest absolute Gasteiger partial charge is 0.465 e. The topological polar surface area (TPSA) is 86.1 Å². The molecule has 0 aliphatic rings. The Kier molecular flexibility index (Phi) is 8.01. The fourth-order valence-corrected chi connectivity index (χ4v) is 3.11. The summed E-state index contributed by atoms with van der Waals surface area (Å²) < 4.78 is 9.41. The number of rotatable bonds is 7. The number of benzene rings is 2. The van der Waals surface area contributed by atoms with E-state index in [9.17, 15) is 14.4 Å². The van der Waals surface area contributed by atoms with Gasteiger partial charge in [0.15, 0.2) is 6.54 Å². The fourth-order valence-electron chi connectivity index (χ4n) is 2.72. The molecule has 0 aromatic heterocycles. The minimum atomic E-state index is -0.636. The number of esters is 2. The van der Waals surface area contributed by atoms with Crippen molar-refractivity contribution in [2.24, 2.45) is 0 Å². The first kappa shape index (κ1) is 22.7. The van der Waals surface area contributed by atoms with E-state index in [1.807, 2.05) is 13.1 Å². The highest BCUT2D eigenvalue weighted by Crippen LogP contribution is 2.24. The van der Waals surface area contributed by atoms with Crippen molar-refractivity contribution in [3.05, 3.63) is 63.1 Å². The first-order chi connectivity index (χ1) is 13.8. The van der Waals surface area contributed by atoms with Gasteiger partial charge in [-0.1, -0.05) is 35.3 Å². The monoisotopic (exact) mass is 439 g/mol. The van der Waals surface area contributed by atoms with Crippen molar-refractivity contribution in [2.75, 3.05) is 33.1 Å². The van der Waals surface area contributed by atoms with E-state index in [1.165, 1.54) is 32.4 Å². The van der Waals surface area contributed by atoms with Crippen LogP contribution in [0.1, 0.15) is 26.3 Å². The van der Waals surface area contributed by atoms with Gasteiger partial charge in [-0.3, -0.25) is 4.79 Å². The van der Waals surface area contributed by atoms with Gasteiger partial charge in [0.05, 0.1) is 48.1 Å². The molecule has 1 amide bonds. The van der Waals surface area contributed by atoms with Gasteiger partial charge in [-0.25, -0.2) is 9.59 Å². The van der Waals surface area contributed by atoms with Gasteiger partial charge in [-0.05, 0) is 24.3 Å². The standard InChI is InChI=1S/C20H20Cl2N2O5/c1-24(10-13-5-4-6-15(21)18(13)22)11-17(25)23-16-9-12(19(26)28-2)7-8-14(16)20(27)29-3/h4-9H,10-11H2,1-3H3,(H,23,25)/p+1. The number of amides is 1. The van der Waals surface area contributed by atoms with Crippen LogP contribution in [-0.4, -0.2) is 45.7 Å². The number of hydrogen-bond donors (Lipinski definition) is 2. The van der Waals surface area contributed by atoms with Crippen molar-refractivity contribution < 1.29 is 28.8 Å². The number of ether oxygens (including phenoxy) is 2. The van der Waals surface area contributed by atoms with E-state index in [4.69, 9.17) is 27.9 Å². The molecule has 2 rings (SSSR count). The van der Waals surface area contributed by atoms with E-state index >= 15 is 0 Å². The van der Waals surface area contributed by atoms with Gasteiger partial charge in [0.1, 0.15) is 6.54 Å². The average molecular weight is 440 g/mol. The number of anilines is 1. The van der Waals surface area contributed by atoms with Crippen molar-refractivity contribution in [3.63, 3.8) is 0 Å². The molecule has 2 aromatic carbocycles. The molecular weight excluding hydrogens is 419 g/mol. The molecule has 2 N–H and O–H groups in total. The molecule has 0 saturated heterocycles. The average Bonchev–Trinajstić information content (AvgIpc) is 2.70. The maximum Gasteiger partial charge on any atom is 0.339 e. The summed E-state index contributed by atoms with van der Waals surface area (Å²) in [5.74, 6) is -1.58. The third-order valence-corrected chi connectivity index (χ3v) is 4.96. The SMILES string of the molecule is COC(=O)c1ccc(C(=O)OC)c(NC(=O)C[NH+](C)Cc2cccc(Cl)c2Cl)c1. The molecule has 0 heterocycles. The Morgan fingerprint density at radius 1 is 1.03 bits per heavy atom. The molecule has 0 bridgehead atoms. The lowest BCUT2D eigenvalue weighted by Gasteiger charge is -2.16. The molecule has 1 atom stereocenters. The summed E-state index contributed by atoms with van der Waals surface area (Å²) in [6.07, 6.45) is 0. The smallest absolute Gasteiger partial charge is 0.339 e. The molecule has 0 aliphatic heterocycles. The molecule has 2 aromatic rings. The summed E-state index contributed by atoms with van der Waals surface area (Å²) in [6, 6.07) is 9.52. The van der Waals surface area contributed by atoms with Crippen molar-refractivity contribution in [1.82, 2.24) is 0 Å². The predicted octanol–water partition coefficient (Wildman–Crippen LogP) is 2.22. The molecule has 9 heteroatoms. The van der Waals surface area contributed by atoms with E-state index in [2.05, 4.69) is 10.1 Å². The third-order valence-electron chi connectivity index (χ3n) is 4.11. The number of carbonyl (C=O) groups excluding carboxylic acids is 3. The minimum absolute atomic E-state index is 0.0892. The molecule has 1 unspecified atom stereocenters. The quantitative estimate of drug-likeness (QED) is 0.645. The minimum Gasteiger partial charge on any atom is -0.465 e. The normalized spacial score (nSPS) is 11.5. The maximum absolute atomic E-state index is 12.5. The van der Waals surface area contributed by atoms with Gasteiger partial charge in [-0.2, -0.15) is 0 Å². The summed E-state index contributed by atoms with van der Waals surface area (Å²) >= 11 is 12.2. The Hall–Kier alpha value is -2.61. The Labute approximate surface area is 178 Å². The first-order valence-corrected chi connectivity index (χ1v) is 9.37. The second-order valence-electron chi connectivity index (χ2n) is 6.32. The number of methoxy groups -OCH3 is 2. The number of nitrogens with one attached hydrogen (secondary N) is 2. The van der Waals surface area contributed by atoms with Gasteiger partial charge in [0.2, 0.25) is 0 Å². The molecule has 0 aliphatic carbocycles. The summed E-state index contributed by atoms with van der Waals surface area (Å²) in [5.41, 5.74) is 1.30. The van der Waals surface area contributed by atoms with Crippen LogP contribution in [0.3, 0.4) is 0 Å². The molecular formula is C20H21Cl2N2O5+. The summed E-state index contributed by atoms with van der Waals surface area (Å²) in [5, 5.41) is 3.56. The van der Waals surface area contributed by atoms with Crippen LogP contribution in [0.2, 0.25) is 10.0 Å². The van der Waals surface area contributed by atoms with Gasteiger partial charge in [0.25, 0.3) is 5.91 Å². The zero-order valence-corrected chi connectivity index (χ0v) is 17.7. The lowest BCUT2D eigenvalue weighted by atomic mass is 10.1. The van der Waals surface area contributed by atoms with Crippen LogP contribution in [0, 0.1) is 0 Å². The van der Waals surface area contributed by atoms with Crippen LogP contribution in [0.5, 0.6) is 0 Å². The van der Waals surface area contributed by atoms with Crippen LogP contribution in [0.15, 0.2) is 36.4 Å². The van der Waals surface area contributed by atoms with Crippen LogP contribution < -0.4 is 10.2 Å². The van der Waals surface area contributed by atoms with Gasteiger partial charge >= 0.3 is 11.9 Å². The molecule has 0 fully saturated rings. The van der Waals surface area contributed by atoms with Gasteiger partial charge in [-0.15, -0.1) is 0 Å². The Balaban J connectivity index is 2.14. The Morgan fingerprint density at radius 3 is 2.38 bits per heavy atom. The molecule has 154 valence electrons. The van der Waals surface area contributed by atoms with E-state index in [0.29, 0.717) is 16.6 Å². The lowest BCUT2D eigenvalue weighted by Crippen LogP contribution is -3.08. The van der Waals surface area contributed by atoms with E-state index in [-0.39, 0.29) is 29.3 Å². The van der Waals surface area contributed by atoms with E-state index in [0.717, 1.165) is 10.5 Å². The summed E-state index contributed by atoms with van der Waals surface area (Å²) in [4.78, 5) is 37.1. The highest BCUT2D eigenvalue weighted by Gasteiger charge is 2.19. The van der Waals surface area contributed by atoms with Gasteiger partial charge in [0, 0.05) is 5.56 Å². The van der Waals surface area contributed by atoms with Crippen LogP contribution in [-0.2, 0) is 20.8 Å². The lowest BCUT2D eigenvalue weighted by molar-refractivity contribution is -0.885. The highest BCUT2D eigenvalue weighted by molar-refractivity contribution is 6.42.